The van der Waals surface area contributed by atoms with Crippen molar-refractivity contribution in [3.05, 3.63) is 0 Å². The summed E-state index contributed by atoms with van der Waals surface area (Å²) in [6.07, 6.45) is 2.70. The Morgan fingerprint density at radius 1 is 1.14 bits per heavy atom. The molecule has 0 amide bonds. The second-order valence-electron chi connectivity index (χ2n) is 9.73. The Morgan fingerprint density at radius 3 is 2.43 bits per heavy atom. The average molecular weight is 396 g/mol. The third kappa shape index (κ3) is 7.53. The van der Waals surface area contributed by atoms with Gasteiger partial charge in [0.15, 0.2) is 5.96 Å². The van der Waals surface area contributed by atoms with Gasteiger partial charge in [-0.25, -0.2) is 0 Å². The minimum absolute atomic E-state index is 0.181. The van der Waals surface area contributed by atoms with E-state index >= 15 is 0 Å². The quantitative estimate of drug-likeness (QED) is 0.512. The third-order valence-corrected chi connectivity index (χ3v) is 6.15. The lowest BCUT2D eigenvalue weighted by atomic mass is 9.78. The highest BCUT2D eigenvalue weighted by molar-refractivity contribution is 5.79. The van der Waals surface area contributed by atoms with E-state index < -0.39 is 0 Å². The van der Waals surface area contributed by atoms with Gasteiger partial charge in [0.2, 0.25) is 0 Å². The van der Waals surface area contributed by atoms with E-state index in [0.29, 0.717) is 17.9 Å². The molecule has 2 heterocycles. The van der Waals surface area contributed by atoms with E-state index in [1.807, 2.05) is 7.05 Å². The van der Waals surface area contributed by atoms with Gasteiger partial charge in [0, 0.05) is 65.4 Å². The first-order valence-electron chi connectivity index (χ1n) is 11.3. The van der Waals surface area contributed by atoms with Crippen LogP contribution in [0, 0.1) is 17.3 Å². The second kappa shape index (κ2) is 11.4. The van der Waals surface area contributed by atoms with Gasteiger partial charge >= 0.3 is 0 Å². The standard InChI is InChI=1S/C22H45N5O/c1-7-26-10-12-27(13-11-26)17-18(2)15-24-21(23-6)25-16-19-9-8-14-28-20(19)22(3,4)5/h18-20H,7-17H2,1-6H3,(H2,23,24,25). The summed E-state index contributed by atoms with van der Waals surface area (Å²) in [6.45, 7) is 21.3. The molecule has 3 atom stereocenters. The van der Waals surface area contributed by atoms with Crippen LogP contribution in [-0.4, -0.2) is 87.9 Å². The van der Waals surface area contributed by atoms with Crippen LogP contribution in [0.4, 0.5) is 0 Å². The van der Waals surface area contributed by atoms with Crippen molar-refractivity contribution in [1.82, 2.24) is 20.4 Å². The van der Waals surface area contributed by atoms with Crippen molar-refractivity contribution < 1.29 is 4.74 Å². The number of rotatable bonds is 7. The molecule has 0 bridgehead atoms. The number of nitrogens with zero attached hydrogens (tertiary/aromatic N) is 3. The van der Waals surface area contributed by atoms with Crippen LogP contribution in [0.3, 0.4) is 0 Å². The lowest BCUT2D eigenvalue weighted by Gasteiger charge is -2.40. The maximum atomic E-state index is 6.11. The van der Waals surface area contributed by atoms with Gasteiger partial charge < -0.3 is 25.2 Å². The van der Waals surface area contributed by atoms with E-state index in [1.54, 1.807) is 0 Å². The molecule has 2 fully saturated rings. The molecule has 2 rings (SSSR count). The predicted molar refractivity (Wildman–Crippen MR) is 119 cm³/mol. The van der Waals surface area contributed by atoms with E-state index in [1.165, 1.54) is 39.1 Å². The van der Waals surface area contributed by atoms with Crippen molar-refractivity contribution >= 4 is 5.96 Å². The first-order valence-corrected chi connectivity index (χ1v) is 11.3. The van der Waals surface area contributed by atoms with E-state index in [0.717, 1.165) is 38.6 Å². The summed E-state index contributed by atoms with van der Waals surface area (Å²) >= 11 is 0. The number of guanidine groups is 1. The highest BCUT2D eigenvalue weighted by Crippen LogP contribution is 2.33. The summed E-state index contributed by atoms with van der Waals surface area (Å²) in [7, 11) is 1.86. The fourth-order valence-corrected chi connectivity index (χ4v) is 4.52. The van der Waals surface area contributed by atoms with Crippen molar-refractivity contribution in [2.75, 3.05) is 66.0 Å². The van der Waals surface area contributed by atoms with Gasteiger partial charge in [-0.3, -0.25) is 4.99 Å². The molecule has 0 radical (unpaired) electrons. The Balaban J connectivity index is 1.70. The largest absolute Gasteiger partial charge is 0.377 e. The zero-order chi connectivity index (χ0) is 20.6. The minimum atomic E-state index is 0.181. The van der Waals surface area contributed by atoms with Crippen LogP contribution in [0.2, 0.25) is 0 Å². The van der Waals surface area contributed by atoms with Crippen LogP contribution in [0.5, 0.6) is 0 Å². The van der Waals surface area contributed by atoms with Crippen LogP contribution >= 0.6 is 0 Å². The fourth-order valence-electron chi connectivity index (χ4n) is 4.52. The first kappa shape index (κ1) is 23.4. The van der Waals surface area contributed by atoms with Gasteiger partial charge in [0.25, 0.3) is 0 Å². The normalized spacial score (nSPS) is 26.9. The van der Waals surface area contributed by atoms with Gasteiger partial charge in [-0.1, -0.05) is 34.6 Å². The second-order valence-corrected chi connectivity index (χ2v) is 9.73. The Labute approximate surface area is 173 Å². The Bertz CT molecular complexity index is 468. The van der Waals surface area contributed by atoms with Crippen LogP contribution in [0.25, 0.3) is 0 Å². The molecule has 0 aromatic heterocycles. The molecule has 0 aromatic rings. The molecule has 28 heavy (non-hydrogen) atoms. The van der Waals surface area contributed by atoms with Crippen LogP contribution in [0.1, 0.15) is 47.5 Å². The number of hydrogen-bond donors (Lipinski definition) is 2. The SMILES string of the molecule is CCN1CCN(CC(C)CNC(=NC)NCC2CCCOC2C(C)(C)C)CC1. The van der Waals surface area contributed by atoms with E-state index in [-0.39, 0.29) is 5.41 Å². The van der Waals surface area contributed by atoms with E-state index in [2.05, 4.69) is 60.0 Å². The van der Waals surface area contributed by atoms with E-state index in [9.17, 15) is 0 Å². The maximum Gasteiger partial charge on any atom is 0.190 e. The summed E-state index contributed by atoms with van der Waals surface area (Å²) in [6, 6.07) is 0. The predicted octanol–water partition coefficient (Wildman–Crippen LogP) is 2.27. The van der Waals surface area contributed by atoms with Gasteiger partial charge in [-0.2, -0.15) is 0 Å². The summed E-state index contributed by atoms with van der Waals surface area (Å²) < 4.78 is 6.11. The summed E-state index contributed by atoms with van der Waals surface area (Å²) in [5.41, 5.74) is 0.181. The zero-order valence-corrected chi connectivity index (χ0v) is 19.3. The monoisotopic (exact) mass is 395 g/mol. The highest BCUT2D eigenvalue weighted by atomic mass is 16.5. The lowest BCUT2D eigenvalue weighted by Crippen LogP contribution is -2.49. The molecule has 2 aliphatic heterocycles. The van der Waals surface area contributed by atoms with Crippen molar-refractivity contribution in [1.29, 1.82) is 0 Å². The molecule has 164 valence electrons. The maximum absolute atomic E-state index is 6.11. The number of nitrogens with one attached hydrogen (secondary N) is 2. The zero-order valence-electron chi connectivity index (χ0n) is 19.3. The summed E-state index contributed by atoms with van der Waals surface area (Å²) in [5, 5.41) is 7.09. The smallest absolute Gasteiger partial charge is 0.190 e. The van der Waals surface area contributed by atoms with Gasteiger partial charge in [0.1, 0.15) is 0 Å². The molecule has 0 spiro atoms. The molecule has 6 heteroatoms. The van der Waals surface area contributed by atoms with E-state index in [4.69, 9.17) is 4.74 Å². The lowest BCUT2D eigenvalue weighted by molar-refractivity contribution is -0.0835. The molecule has 6 nitrogen and oxygen atoms in total. The number of ether oxygens (including phenoxy) is 1. The number of aliphatic imine (C=N–C) groups is 1. The molecule has 0 aliphatic carbocycles. The minimum Gasteiger partial charge on any atom is -0.377 e. The first-order chi connectivity index (χ1) is 13.3. The molecule has 2 saturated heterocycles. The Hall–Kier alpha value is -0.850. The highest BCUT2D eigenvalue weighted by Gasteiger charge is 2.35. The Kier molecular flexibility index (Phi) is 9.51. The molecule has 0 aromatic carbocycles. The van der Waals surface area contributed by atoms with Crippen molar-refractivity contribution in [2.45, 2.75) is 53.6 Å². The van der Waals surface area contributed by atoms with Crippen LogP contribution in [-0.2, 0) is 4.74 Å². The number of hydrogen-bond acceptors (Lipinski definition) is 4. The van der Waals surface area contributed by atoms with Crippen LogP contribution in [0.15, 0.2) is 4.99 Å². The van der Waals surface area contributed by atoms with Gasteiger partial charge in [-0.05, 0) is 30.7 Å². The number of likely N-dealkylation sites (N-methyl/N-ethyl adjacent to an activating group) is 1. The molecule has 0 saturated carbocycles. The van der Waals surface area contributed by atoms with Gasteiger partial charge in [-0.15, -0.1) is 0 Å². The van der Waals surface area contributed by atoms with Crippen molar-refractivity contribution in [2.24, 2.45) is 22.2 Å². The van der Waals surface area contributed by atoms with Crippen molar-refractivity contribution in [3.8, 4) is 0 Å². The van der Waals surface area contributed by atoms with Crippen molar-refractivity contribution in [3.63, 3.8) is 0 Å². The summed E-state index contributed by atoms with van der Waals surface area (Å²) in [5.74, 6) is 2.06. The molecular formula is C22H45N5O. The van der Waals surface area contributed by atoms with Crippen LogP contribution < -0.4 is 10.6 Å². The summed E-state index contributed by atoms with van der Waals surface area (Å²) in [4.78, 5) is 9.56. The topological polar surface area (TPSA) is 52.1 Å². The third-order valence-electron chi connectivity index (χ3n) is 6.15. The number of piperazine rings is 1. The Morgan fingerprint density at radius 2 is 1.82 bits per heavy atom. The average Bonchev–Trinajstić information content (AvgIpc) is 2.68. The molecular weight excluding hydrogens is 350 g/mol. The molecule has 3 unspecified atom stereocenters. The molecule has 2 aliphatic rings. The van der Waals surface area contributed by atoms with Gasteiger partial charge in [0.05, 0.1) is 6.10 Å². The molecule has 2 N–H and O–H groups in total. The fraction of sp³-hybridized carbons (Fsp3) is 0.955.